The zero-order chi connectivity index (χ0) is 20.9. The maximum absolute atomic E-state index is 11.5. The minimum Gasteiger partial charge on any atom is -0.493 e. The number of thiocarbonyl (C=S) groups is 1. The van der Waals surface area contributed by atoms with Gasteiger partial charge in [0, 0.05) is 6.54 Å². The second-order valence-corrected chi connectivity index (χ2v) is 6.80. The van der Waals surface area contributed by atoms with E-state index in [4.69, 9.17) is 26.4 Å². The second kappa shape index (κ2) is 12.9. The third kappa shape index (κ3) is 8.63. The van der Waals surface area contributed by atoms with Crippen LogP contribution in [0, 0.1) is 0 Å². The van der Waals surface area contributed by atoms with Crippen LogP contribution in [0.15, 0.2) is 23.3 Å². The zero-order valence-electron chi connectivity index (χ0n) is 17.0. The predicted molar refractivity (Wildman–Crippen MR) is 115 cm³/mol. The topological polar surface area (TPSA) is 97.7 Å². The normalized spacial score (nSPS) is 14.4. The van der Waals surface area contributed by atoms with Crippen molar-refractivity contribution >= 4 is 29.5 Å². The first-order chi connectivity index (χ1) is 14.1. The fraction of sp³-hybridized carbons (Fsp3) is 0.526. The number of hydrogen-bond donors (Lipinski definition) is 4. The standard InChI is InChI=1S/C19H29N5O4S/c1-3-20-18(25)14-28-16-5-4-15(12-17(16)26-2)13-22-23-19(29)21-6-7-24-8-10-27-11-9-24/h4-5,12-13H,3,6-11,14H2,1-2H3,(H,20,25)(H2,21,23,29)/p+1/b22-13-. The molecule has 0 saturated carbocycles. The summed E-state index contributed by atoms with van der Waals surface area (Å²) in [7, 11) is 1.54. The molecule has 0 bridgehead atoms. The maximum atomic E-state index is 11.5. The molecule has 0 atom stereocenters. The van der Waals surface area contributed by atoms with E-state index in [1.807, 2.05) is 13.0 Å². The molecule has 29 heavy (non-hydrogen) atoms. The smallest absolute Gasteiger partial charge is 0.257 e. The van der Waals surface area contributed by atoms with Crippen LogP contribution >= 0.6 is 12.2 Å². The number of methoxy groups -OCH3 is 1. The van der Waals surface area contributed by atoms with E-state index in [1.54, 1.807) is 25.5 Å². The van der Waals surface area contributed by atoms with Crippen molar-refractivity contribution in [2.45, 2.75) is 6.92 Å². The summed E-state index contributed by atoms with van der Waals surface area (Å²) in [6.45, 7) is 7.83. The fourth-order valence-corrected chi connectivity index (χ4v) is 2.90. The van der Waals surface area contributed by atoms with Gasteiger partial charge in [-0.3, -0.25) is 10.2 Å². The lowest BCUT2D eigenvalue weighted by molar-refractivity contribution is -0.906. The molecule has 1 aromatic carbocycles. The predicted octanol–water partition coefficient (Wildman–Crippen LogP) is -1.08. The molecule has 1 saturated heterocycles. The Morgan fingerprint density at radius 1 is 1.31 bits per heavy atom. The molecule has 1 aromatic rings. The van der Waals surface area contributed by atoms with Crippen molar-refractivity contribution < 1.29 is 23.9 Å². The first-order valence-electron chi connectivity index (χ1n) is 9.68. The molecule has 0 spiro atoms. The molecule has 160 valence electrons. The summed E-state index contributed by atoms with van der Waals surface area (Å²) in [5.41, 5.74) is 3.61. The monoisotopic (exact) mass is 424 g/mol. The summed E-state index contributed by atoms with van der Waals surface area (Å²) < 4.78 is 16.2. The molecule has 0 unspecified atom stereocenters. The Kier molecular flexibility index (Phi) is 10.2. The first kappa shape index (κ1) is 22.9. The Morgan fingerprint density at radius 2 is 2.10 bits per heavy atom. The highest BCUT2D eigenvalue weighted by Gasteiger charge is 2.12. The molecule has 0 aliphatic carbocycles. The highest BCUT2D eigenvalue weighted by atomic mass is 32.1. The van der Waals surface area contributed by atoms with Gasteiger partial charge in [-0.25, -0.2) is 0 Å². The highest BCUT2D eigenvalue weighted by molar-refractivity contribution is 7.80. The number of carbonyl (C=O) groups is 1. The van der Waals surface area contributed by atoms with Crippen LogP contribution in [-0.2, 0) is 9.53 Å². The van der Waals surface area contributed by atoms with Crippen molar-refractivity contribution in [2.75, 3.05) is 59.7 Å². The third-order valence-corrected chi connectivity index (χ3v) is 4.50. The average molecular weight is 425 g/mol. The van der Waals surface area contributed by atoms with Gasteiger partial charge in [-0.2, -0.15) is 5.10 Å². The van der Waals surface area contributed by atoms with Gasteiger partial charge in [0.15, 0.2) is 23.2 Å². The number of ether oxygens (including phenoxy) is 3. The molecule has 1 amide bonds. The minimum atomic E-state index is -0.180. The third-order valence-electron chi connectivity index (χ3n) is 4.26. The summed E-state index contributed by atoms with van der Waals surface area (Å²) >= 11 is 5.23. The number of amides is 1. The Hall–Kier alpha value is -2.43. The minimum absolute atomic E-state index is 0.0642. The maximum Gasteiger partial charge on any atom is 0.257 e. The van der Waals surface area contributed by atoms with E-state index >= 15 is 0 Å². The number of hydrogen-bond acceptors (Lipinski definition) is 6. The zero-order valence-corrected chi connectivity index (χ0v) is 17.8. The number of nitrogens with zero attached hydrogens (tertiary/aromatic N) is 1. The Morgan fingerprint density at radius 3 is 2.83 bits per heavy atom. The number of benzene rings is 1. The lowest BCUT2D eigenvalue weighted by Gasteiger charge is -2.23. The molecule has 10 heteroatoms. The van der Waals surface area contributed by atoms with Crippen LogP contribution in [0.3, 0.4) is 0 Å². The quantitative estimate of drug-likeness (QED) is 0.216. The van der Waals surface area contributed by atoms with Crippen molar-refractivity contribution in [3.63, 3.8) is 0 Å². The van der Waals surface area contributed by atoms with Gasteiger partial charge in [0.1, 0.15) is 13.1 Å². The van der Waals surface area contributed by atoms with Crippen LogP contribution < -0.4 is 30.4 Å². The Bertz CT molecular complexity index is 695. The van der Waals surface area contributed by atoms with Gasteiger partial charge in [-0.1, -0.05) is 0 Å². The SMILES string of the molecule is CCNC(=O)COc1ccc(/C=N\NC(=S)NCC[NH+]2CCOCC2)cc1OC. The van der Waals surface area contributed by atoms with Crippen molar-refractivity contribution in [3.8, 4) is 11.5 Å². The van der Waals surface area contributed by atoms with Gasteiger partial charge in [0.2, 0.25) is 0 Å². The van der Waals surface area contributed by atoms with E-state index in [0.717, 1.165) is 45.0 Å². The molecule has 1 heterocycles. The lowest BCUT2D eigenvalue weighted by Crippen LogP contribution is -3.14. The van der Waals surface area contributed by atoms with Crippen LogP contribution in [0.25, 0.3) is 0 Å². The van der Waals surface area contributed by atoms with Crippen LogP contribution in [0.2, 0.25) is 0 Å². The van der Waals surface area contributed by atoms with Gasteiger partial charge in [0.25, 0.3) is 5.91 Å². The van der Waals surface area contributed by atoms with E-state index in [-0.39, 0.29) is 12.5 Å². The summed E-state index contributed by atoms with van der Waals surface area (Å²) in [4.78, 5) is 13.0. The van der Waals surface area contributed by atoms with E-state index in [0.29, 0.717) is 23.2 Å². The number of carbonyl (C=O) groups excluding carboxylic acids is 1. The fourth-order valence-electron chi connectivity index (χ4n) is 2.74. The van der Waals surface area contributed by atoms with E-state index in [9.17, 15) is 4.79 Å². The van der Waals surface area contributed by atoms with E-state index < -0.39 is 0 Å². The summed E-state index contributed by atoms with van der Waals surface area (Å²) in [6, 6.07) is 5.33. The van der Waals surface area contributed by atoms with Gasteiger partial charge in [0.05, 0.1) is 39.6 Å². The molecular weight excluding hydrogens is 394 g/mol. The van der Waals surface area contributed by atoms with Gasteiger partial charge < -0.3 is 29.7 Å². The van der Waals surface area contributed by atoms with Crippen LogP contribution in [0.1, 0.15) is 12.5 Å². The van der Waals surface area contributed by atoms with Crippen LogP contribution in [0.4, 0.5) is 0 Å². The number of nitrogens with one attached hydrogen (secondary N) is 4. The Balaban J connectivity index is 1.75. The molecule has 1 aliphatic heterocycles. The molecule has 4 N–H and O–H groups in total. The number of likely N-dealkylation sites (N-methyl/N-ethyl adjacent to an activating group) is 1. The van der Waals surface area contributed by atoms with Gasteiger partial charge in [-0.15, -0.1) is 0 Å². The van der Waals surface area contributed by atoms with Crippen molar-refractivity contribution in [1.29, 1.82) is 0 Å². The largest absolute Gasteiger partial charge is 0.493 e. The number of quaternary nitrogens is 1. The molecule has 2 rings (SSSR count). The van der Waals surface area contributed by atoms with Crippen molar-refractivity contribution in [1.82, 2.24) is 16.1 Å². The molecule has 1 fully saturated rings. The van der Waals surface area contributed by atoms with Crippen LogP contribution in [-0.4, -0.2) is 76.9 Å². The van der Waals surface area contributed by atoms with E-state index in [2.05, 4.69) is 21.2 Å². The molecule has 0 aromatic heterocycles. The first-order valence-corrected chi connectivity index (χ1v) is 10.1. The average Bonchev–Trinajstić information content (AvgIpc) is 2.73. The number of hydrazone groups is 1. The number of rotatable bonds is 10. The molecule has 0 radical (unpaired) electrons. The van der Waals surface area contributed by atoms with Crippen LogP contribution in [0.5, 0.6) is 11.5 Å². The second-order valence-electron chi connectivity index (χ2n) is 6.39. The Labute approximate surface area is 176 Å². The molecule has 1 aliphatic rings. The lowest BCUT2D eigenvalue weighted by atomic mass is 10.2. The summed E-state index contributed by atoms with van der Waals surface area (Å²) in [5.74, 6) is 0.833. The van der Waals surface area contributed by atoms with Crippen molar-refractivity contribution in [3.05, 3.63) is 23.8 Å². The van der Waals surface area contributed by atoms with Gasteiger partial charge >= 0.3 is 0 Å². The van der Waals surface area contributed by atoms with Crippen molar-refractivity contribution in [2.24, 2.45) is 5.10 Å². The van der Waals surface area contributed by atoms with E-state index in [1.165, 1.54) is 4.90 Å². The highest BCUT2D eigenvalue weighted by Crippen LogP contribution is 2.27. The number of morpholine rings is 1. The summed E-state index contributed by atoms with van der Waals surface area (Å²) in [5, 5.41) is 10.4. The molecular formula is C19H30N5O4S+. The summed E-state index contributed by atoms with van der Waals surface area (Å²) in [6.07, 6.45) is 1.64. The van der Waals surface area contributed by atoms with Gasteiger partial charge in [-0.05, 0) is 42.9 Å². The molecule has 9 nitrogen and oxygen atoms in total.